The van der Waals surface area contributed by atoms with Crippen molar-refractivity contribution in [2.75, 3.05) is 5.32 Å². The average molecular weight is 513 g/mol. The molecule has 0 bridgehead atoms. The molecule has 0 spiro atoms. The summed E-state index contributed by atoms with van der Waals surface area (Å²) in [5.41, 5.74) is 6.21. The number of aryl methyl sites for hydroxylation is 3. The summed E-state index contributed by atoms with van der Waals surface area (Å²) in [6, 6.07) is 15.4. The van der Waals surface area contributed by atoms with Gasteiger partial charge in [0.15, 0.2) is 0 Å². The van der Waals surface area contributed by atoms with E-state index >= 15 is 0 Å². The molecule has 2 N–H and O–H groups in total. The van der Waals surface area contributed by atoms with Crippen molar-refractivity contribution in [1.82, 2.24) is 25.4 Å². The van der Waals surface area contributed by atoms with Gasteiger partial charge in [0, 0.05) is 41.5 Å². The lowest BCUT2D eigenvalue weighted by molar-refractivity contribution is 0.0941. The molecule has 9 heteroatoms. The first kappa shape index (κ1) is 24.4. The third-order valence-corrected chi connectivity index (χ3v) is 6.19. The smallest absolute Gasteiger partial charge is 0.289 e. The zero-order chi connectivity index (χ0) is 25.9. The summed E-state index contributed by atoms with van der Waals surface area (Å²) >= 11 is 6.17. The second kappa shape index (κ2) is 10.4. The van der Waals surface area contributed by atoms with Crippen LogP contribution in [0.5, 0.6) is 0 Å². The van der Waals surface area contributed by atoms with Gasteiger partial charge >= 0.3 is 0 Å². The highest BCUT2D eigenvalue weighted by atomic mass is 35.5. The van der Waals surface area contributed by atoms with Gasteiger partial charge in [-0.25, -0.2) is 9.97 Å². The highest BCUT2D eigenvalue weighted by Crippen LogP contribution is 2.31. The normalized spacial score (nSPS) is 11.0. The van der Waals surface area contributed by atoms with Crippen molar-refractivity contribution in [2.45, 2.75) is 33.9 Å². The molecule has 3 heterocycles. The largest absolute Gasteiger partial charge is 0.365 e. The van der Waals surface area contributed by atoms with E-state index in [0.29, 0.717) is 29.4 Å². The van der Waals surface area contributed by atoms with Crippen LogP contribution in [0.25, 0.3) is 22.0 Å². The number of fused-ring (bicyclic) bond motifs is 1. The number of amides is 1. The van der Waals surface area contributed by atoms with E-state index in [0.717, 1.165) is 44.7 Å². The molecule has 2 aromatic carbocycles. The number of hydrogen-bond donors (Lipinski definition) is 2. The second-order valence-corrected chi connectivity index (χ2v) is 9.30. The maximum Gasteiger partial charge on any atom is 0.289 e. The molecule has 0 aliphatic carbocycles. The van der Waals surface area contributed by atoms with E-state index in [1.54, 1.807) is 12.4 Å². The van der Waals surface area contributed by atoms with Crippen LogP contribution in [-0.2, 0) is 13.1 Å². The minimum absolute atomic E-state index is 0.0757. The van der Waals surface area contributed by atoms with E-state index < -0.39 is 0 Å². The monoisotopic (exact) mass is 512 g/mol. The van der Waals surface area contributed by atoms with Crippen LogP contribution in [0, 0.1) is 20.8 Å². The van der Waals surface area contributed by atoms with E-state index in [4.69, 9.17) is 16.1 Å². The number of benzene rings is 2. The highest BCUT2D eigenvalue weighted by molar-refractivity contribution is 6.30. The van der Waals surface area contributed by atoms with Gasteiger partial charge in [0.2, 0.25) is 5.82 Å². The molecule has 0 fully saturated rings. The maximum atomic E-state index is 13.0. The summed E-state index contributed by atoms with van der Waals surface area (Å²) in [5.74, 6) is 0.976. The number of halogens is 1. The summed E-state index contributed by atoms with van der Waals surface area (Å²) in [6.07, 6.45) is 3.50. The first-order chi connectivity index (χ1) is 17.9. The van der Waals surface area contributed by atoms with Gasteiger partial charge in [-0.15, -0.1) is 0 Å². The standard InChI is InChI=1S/C28H25ClN6O2/c1-16-9-20(13-30-12-16)15-32-28(36)27-33-24-8-7-21(25-17(2)35-37-18(25)3)11-23(24)26(34-27)31-14-19-5-4-6-22(29)10-19/h4-13H,14-15H2,1-3H3,(H,32,36)(H,31,33,34). The second-order valence-electron chi connectivity index (χ2n) is 8.86. The Balaban J connectivity index is 1.50. The van der Waals surface area contributed by atoms with E-state index in [-0.39, 0.29) is 11.7 Å². The van der Waals surface area contributed by atoms with Crippen molar-refractivity contribution in [3.8, 4) is 11.1 Å². The van der Waals surface area contributed by atoms with E-state index in [1.165, 1.54) is 0 Å². The van der Waals surface area contributed by atoms with Gasteiger partial charge in [0.25, 0.3) is 5.91 Å². The van der Waals surface area contributed by atoms with Crippen molar-refractivity contribution in [1.29, 1.82) is 0 Å². The third-order valence-electron chi connectivity index (χ3n) is 5.95. The lowest BCUT2D eigenvalue weighted by Crippen LogP contribution is -2.25. The number of nitrogens with one attached hydrogen (secondary N) is 2. The molecule has 5 rings (SSSR count). The summed E-state index contributed by atoms with van der Waals surface area (Å²) in [5, 5.41) is 11.8. The molecule has 0 aliphatic heterocycles. The summed E-state index contributed by atoms with van der Waals surface area (Å²) in [6.45, 7) is 6.54. The number of rotatable bonds is 7. The molecule has 0 unspecified atom stereocenters. The van der Waals surface area contributed by atoms with Crippen LogP contribution in [0.3, 0.4) is 0 Å². The van der Waals surface area contributed by atoms with E-state index in [2.05, 4.69) is 30.7 Å². The number of carbonyl (C=O) groups excluding carboxylic acids is 1. The zero-order valence-electron chi connectivity index (χ0n) is 20.7. The van der Waals surface area contributed by atoms with Crippen molar-refractivity contribution in [3.63, 3.8) is 0 Å². The summed E-state index contributed by atoms with van der Waals surface area (Å²) in [7, 11) is 0. The quantitative estimate of drug-likeness (QED) is 0.284. The van der Waals surface area contributed by atoms with Crippen LogP contribution in [0.15, 0.2) is 65.4 Å². The lowest BCUT2D eigenvalue weighted by Gasteiger charge is -2.13. The van der Waals surface area contributed by atoms with Crippen molar-refractivity contribution < 1.29 is 9.32 Å². The number of pyridine rings is 1. The minimum atomic E-state index is -0.371. The molecule has 37 heavy (non-hydrogen) atoms. The highest BCUT2D eigenvalue weighted by Gasteiger charge is 2.17. The zero-order valence-corrected chi connectivity index (χ0v) is 21.4. The lowest BCUT2D eigenvalue weighted by atomic mass is 10.0. The van der Waals surface area contributed by atoms with Crippen LogP contribution in [-0.4, -0.2) is 26.0 Å². The number of anilines is 1. The van der Waals surface area contributed by atoms with Crippen LogP contribution >= 0.6 is 11.6 Å². The first-order valence-electron chi connectivity index (χ1n) is 11.8. The topological polar surface area (TPSA) is 106 Å². The molecule has 0 saturated carbocycles. The van der Waals surface area contributed by atoms with Crippen LogP contribution in [0.1, 0.15) is 38.8 Å². The van der Waals surface area contributed by atoms with Crippen LogP contribution < -0.4 is 10.6 Å². The Morgan fingerprint density at radius 2 is 1.84 bits per heavy atom. The molecule has 3 aromatic heterocycles. The van der Waals surface area contributed by atoms with E-state index in [9.17, 15) is 4.79 Å². The SMILES string of the molecule is Cc1cncc(CNC(=O)c2nc(NCc3cccc(Cl)c3)c3cc(-c4c(C)noc4C)ccc3n2)c1. The molecule has 1 amide bonds. The van der Waals surface area contributed by atoms with Gasteiger partial charge in [-0.1, -0.05) is 41.0 Å². The third kappa shape index (κ3) is 5.44. The molecular formula is C28H25ClN6O2. The number of nitrogens with zero attached hydrogens (tertiary/aromatic N) is 4. The number of carbonyl (C=O) groups is 1. The first-order valence-corrected chi connectivity index (χ1v) is 12.2. The van der Waals surface area contributed by atoms with Gasteiger partial charge < -0.3 is 15.2 Å². The van der Waals surface area contributed by atoms with Gasteiger partial charge in [0.05, 0.1) is 11.2 Å². The molecule has 8 nitrogen and oxygen atoms in total. The summed E-state index contributed by atoms with van der Waals surface area (Å²) in [4.78, 5) is 26.4. The maximum absolute atomic E-state index is 13.0. The minimum Gasteiger partial charge on any atom is -0.365 e. The van der Waals surface area contributed by atoms with Crippen molar-refractivity contribution in [3.05, 3.63) is 99.9 Å². The van der Waals surface area contributed by atoms with E-state index in [1.807, 2.05) is 69.3 Å². The molecule has 186 valence electrons. The van der Waals surface area contributed by atoms with Gasteiger partial charge in [-0.2, -0.15) is 0 Å². The Labute approximate surface area is 219 Å². The Kier molecular flexibility index (Phi) is 6.83. The number of aromatic nitrogens is 4. The van der Waals surface area contributed by atoms with Gasteiger partial charge in [0.1, 0.15) is 11.6 Å². The number of hydrogen-bond acceptors (Lipinski definition) is 7. The fraction of sp³-hybridized carbons (Fsp3) is 0.179. The van der Waals surface area contributed by atoms with Crippen LogP contribution in [0.2, 0.25) is 5.02 Å². The van der Waals surface area contributed by atoms with Gasteiger partial charge in [-0.05, 0) is 67.3 Å². The molecule has 0 aliphatic rings. The Bertz CT molecular complexity index is 1590. The molecule has 0 atom stereocenters. The van der Waals surface area contributed by atoms with Crippen LogP contribution in [0.4, 0.5) is 5.82 Å². The predicted molar refractivity (Wildman–Crippen MR) is 143 cm³/mol. The van der Waals surface area contributed by atoms with Crippen molar-refractivity contribution >= 4 is 34.2 Å². The molecule has 0 saturated heterocycles. The Morgan fingerprint density at radius 1 is 0.973 bits per heavy atom. The Morgan fingerprint density at radius 3 is 2.59 bits per heavy atom. The molecule has 0 radical (unpaired) electrons. The van der Waals surface area contributed by atoms with Crippen molar-refractivity contribution in [2.24, 2.45) is 0 Å². The average Bonchev–Trinajstić information content (AvgIpc) is 3.23. The molecule has 5 aromatic rings. The van der Waals surface area contributed by atoms with Gasteiger partial charge in [-0.3, -0.25) is 9.78 Å². The predicted octanol–water partition coefficient (Wildman–Crippen LogP) is 5.80. The molecular weight excluding hydrogens is 488 g/mol. The Hall–Kier alpha value is -4.30. The fourth-order valence-corrected chi connectivity index (χ4v) is 4.44. The summed E-state index contributed by atoms with van der Waals surface area (Å²) < 4.78 is 5.36. The fourth-order valence-electron chi connectivity index (χ4n) is 4.22.